The Morgan fingerprint density at radius 2 is 1.88 bits per heavy atom. The van der Waals surface area contributed by atoms with Gasteiger partial charge in [-0.25, -0.2) is 4.39 Å². The van der Waals surface area contributed by atoms with Gasteiger partial charge in [-0.1, -0.05) is 18.2 Å². The fraction of sp³-hybridized carbons (Fsp3) is 0.125. The highest BCUT2D eigenvalue weighted by Gasteiger charge is 2.46. The molecule has 1 saturated heterocycles. The van der Waals surface area contributed by atoms with Crippen LogP contribution in [0.1, 0.15) is 22.7 Å². The van der Waals surface area contributed by atoms with Crippen LogP contribution in [0.3, 0.4) is 0 Å². The van der Waals surface area contributed by atoms with E-state index in [0.29, 0.717) is 28.2 Å². The lowest BCUT2D eigenvalue weighted by Crippen LogP contribution is -2.29. The van der Waals surface area contributed by atoms with Gasteiger partial charge in [0.25, 0.3) is 11.7 Å². The van der Waals surface area contributed by atoms with Crippen LogP contribution in [0.5, 0.6) is 11.5 Å². The first kappa shape index (κ1) is 19.7. The first-order chi connectivity index (χ1) is 15.5. The number of likely N-dealkylation sites (tertiary alicyclic amines) is 1. The van der Waals surface area contributed by atoms with Crippen molar-refractivity contribution in [2.75, 3.05) is 6.79 Å². The Bertz CT molecular complexity index is 1240. The number of ketones is 1. The molecule has 32 heavy (non-hydrogen) atoms. The van der Waals surface area contributed by atoms with Gasteiger partial charge in [-0.05, 0) is 47.5 Å². The molecule has 3 heterocycles. The lowest BCUT2D eigenvalue weighted by Gasteiger charge is -2.25. The Balaban J connectivity index is 1.62. The van der Waals surface area contributed by atoms with Crippen LogP contribution in [-0.4, -0.2) is 33.5 Å². The zero-order chi connectivity index (χ0) is 22.2. The van der Waals surface area contributed by atoms with Crippen LogP contribution < -0.4 is 9.47 Å². The number of aliphatic hydroxyl groups excluding tert-OH is 1. The zero-order valence-electron chi connectivity index (χ0n) is 16.7. The summed E-state index contributed by atoms with van der Waals surface area (Å²) in [6.07, 6.45) is 3.12. The minimum absolute atomic E-state index is 0.0519. The minimum atomic E-state index is -0.862. The molecule has 8 heteroatoms. The predicted octanol–water partition coefficient (Wildman–Crippen LogP) is 3.57. The summed E-state index contributed by atoms with van der Waals surface area (Å²) in [4.78, 5) is 31.5. The van der Waals surface area contributed by atoms with Crippen LogP contribution in [-0.2, 0) is 16.1 Å². The van der Waals surface area contributed by atoms with Crippen molar-refractivity contribution in [3.8, 4) is 11.5 Å². The maximum absolute atomic E-state index is 13.3. The molecule has 7 nitrogen and oxygen atoms in total. The van der Waals surface area contributed by atoms with Crippen molar-refractivity contribution < 1.29 is 28.6 Å². The molecule has 2 aliphatic rings. The van der Waals surface area contributed by atoms with E-state index in [1.807, 2.05) is 0 Å². The number of Topliss-reactive ketones (excluding diaryl/α,β-unsaturated/α-hetero) is 1. The van der Waals surface area contributed by atoms with Crippen molar-refractivity contribution in [2.24, 2.45) is 0 Å². The van der Waals surface area contributed by atoms with Crippen molar-refractivity contribution in [1.29, 1.82) is 0 Å². The molecule has 0 aliphatic carbocycles. The van der Waals surface area contributed by atoms with Gasteiger partial charge in [-0.2, -0.15) is 0 Å². The number of nitrogens with zero attached hydrogens (tertiary/aromatic N) is 2. The number of aromatic nitrogens is 1. The Labute approximate surface area is 182 Å². The average molecular weight is 432 g/mol. The number of hydrogen-bond acceptors (Lipinski definition) is 6. The molecule has 1 atom stereocenters. The number of amides is 1. The molecule has 3 aromatic rings. The van der Waals surface area contributed by atoms with Crippen molar-refractivity contribution in [1.82, 2.24) is 9.88 Å². The summed E-state index contributed by atoms with van der Waals surface area (Å²) >= 11 is 0. The second-order valence-corrected chi connectivity index (χ2v) is 7.41. The third kappa shape index (κ3) is 3.35. The van der Waals surface area contributed by atoms with E-state index in [9.17, 15) is 19.1 Å². The average Bonchev–Trinajstić information content (AvgIpc) is 3.38. The van der Waals surface area contributed by atoms with Gasteiger partial charge in [0.2, 0.25) is 6.79 Å². The van der Waals surface area contributed by atoms with Gasteiger partial charge in [0.05, 0.1) is 11.6 Å². The molecule has 1 N–H and O–H groups in total. The Kier molecular flexibility index (Phi) is 4.82. The standard InChI is InChI=1S/C24H17FN2O5/c25-17-6-3-14(4-7-17)12-27-21(16-2-1-9-26-11-16)20(23(29)24(27)30)22(28)15-5-8-18-19(10-15)32-13-31-18/h1-11,21,28H,12-13H2/b22-20-. The lowest BCUT2D eigenvalue weighted by atomic mass is 9.96. The SMILES string of the molecule is O=C1C(=O)N(Cc2ccc(F)cc2)C(c2cccnc2)/C1=C(/O)c1ccc2c(c1)OCO2. The molecular formula is C24H17FN2O5. The van der Waals surface area contributed by atoms with Gasteiger partial charge in [0, 0.05) is 24.5 Å². The number of rotatable bonds is 4. The van der Waals surface area contributed by atoms with Gasteiger partial charge in [-0.15, -0.1) is 0 Å². The van der Waals surface area contributed by atoms with Crippen molar-refractivity contribution in [3.63, 3.8) is 0 Å². The van der Waals surface area contributed by atoms with E-state index in [1.54, 1.807) is 54.9 Å². The van der Waals surface area contributed by atoms with E-state index in [4.69, 9.17) is 9.47 Å². The molecule has 160 valence electrons. The summed E-state index contributed by atoms with van der Waals surface area (Å²) in [5.74, 6) is -1.32. The second kappa shape index (κ2) is 7.81. The topological polar surface area (TPSA) is 89.0 Å². The van der Waals surface area contributed by atoms with Crippen LogP contribution in [0.25, 0.3) is 5.76 Å². The van der Waals surface area contributed by atoms with E-state index in [0.717, 1.165) is 0 Å². The fourth-order valence-electron chi connectivity index (χ4n) is 3.91. The summed E-state index contributed by atoms with van der Waals surface area (Å²) in [5.41, 5.74) is 1.48. The number of pyridine rings is 1. The van der Waals surface area contributed by atoms with Crippen molar-refractivity contribution in [2.45, 2.75) is 12.6 Å². The number of ether oxygens (including phenoxy) is 2. The molecular weight excluding hydrogens is 415 g/mol. The number of halogens is 1. The quantitative estimate of drug-likeness (QED) is 0.385. The highest BCUT2D eigenvalue weighted by atomic mass is 19.1. The Morgan fingerprint density at radius 3 is 2.62 bits per heavy atom. The van der Waals surface area contributed by atoms with E-state index < -0.39 is 23.5 Å². The third-order valence-electron chi connectivity index (χ3n) is 5.45. The fourth-order valence-corrected chi connectivity index (χ4v) is 3.91. The van der Waals surface area contributed by atoms with Crippen LogP contribution >= 0.6 is 0 Å². The van der Waals surface area contributed by atoms with Crippen LogP contribution in [0, 0.1) is 5.82 Å². The molecule has 0 spiro atoms. The summed E-state index contributed by atoms with van der Waals surface area (Å²) in [5, 5.41) is 11.1. The molecule has 2 aliphatic heterocycles. The summed E-state index contributed by atoms with van der Waals surface area (Å²) < 4.78 is 24.0. The van der Waals surface area contributed by atoms with Crippen LogP contribution in [0.2, 0.25) is 0 Å². The Morgan fingerprint density at radius 1 is 1.09 bits per heavy atom. The van der Waals surface area contributed by atoms with Gasteiger partial charge in [-0.3, -0.25) is 14.6 Å². The van der Waals surface area contributed by atoms with E-state index in [1.165, 1.54) is 17.0 Å². The minimum Gasteiger partial charge on any atom is -0.507 e. The molecule has 1 amide bonds. The molecule has 1 aromatic heterocycles. The van der Waals surface area contributed by atoms with E-state index in [2.05, 4.69) is 4.98 Å². The van der Waals surface area contributed by atoms with Gasteiger partial charge < -0.3 is 19.5 Å². The highest BCUT2D eigenvalue weighted by Crippen LogP contribution is 2.41. The number of hydrogen-bond donors (Lipinski definition) is 1. The molecule has 0 bridgehead atoms. The third-order valence-corrected chi connectivity index (χ3v) is 5.45. The van der Waals surface area contributed by atoms with E-state index >= 15 is 0 Å². The van der Waals surface area contributed by atoms with Crippen LogP contribution in [0.15, 0.2) is 72.6 Å². The monoisotopic (exact) mass is 432 g/mol. The summed E-state index contributed by atoms with van der Waals surface area (Å²) in [6.45, 7) is 0.125. The summed E-state index contributed by atoms with van der Waals surface area (Å²) in [7, 11) is 0. The molecule has 1 fully saturated rings. The first-order valence-corrected chi connectivity index (χ1v) is 9.86. The summed E-state index contributed by atoms with van der Waals surface area (Å²) in [6, 6.07) is 13.0. The number of fused-ring (bicyclic) bond motifs is 1. The van der Waals surface area contributed by atoms with Crippen molar-refractivity contribution in [3.05, 3.63) is 95.1 Å². The lowest BCUT2D eigenvalue weighted by molar-refractivity contribution is -0.140. The number of carbonyl (C=O) groups excluding carboxylic acids is 2. The maximum atomic E-state index is 13.3. The van der Waals surface area contributed by atoms with Gasteiger partial charge in [0.15, 0.2) is 11.5 Å². The smallest absolute Gasteiger partial charge is 0.295 e. The molecule has 1 unspecified atom stereocenters. The largest absolute Gasteiger partial charge is 0.507 e. The number of aliphatic hydroxyl groups is 1. The normalized spacial score (nSPS) is 18.9. The zero-order valence-corrected chi connectivity index (χ0v) is 16.7. The number of carbonyl (C=O) groups is 2. The molecule has 0 saturated carbocycles. The van der Waals surface area contributed by atoms with Crippen LogP contribution in [0.4, 0.5) is 4.39 Å². The maximum Gasteiger partial charge on any atom is 0.295 e. The Hall–Kier alpha value is -4.20. The highest BCUT2D eigenvalue weighted by molar-refractivity contribution is 6.46. The first-order valence-electron chi connectivity index (χ1n) is 9.86. The van der Waals surface area contributed by atoms with Gasteiger partial charge in [0.1, 0.15) is 11.6 Å². The number of benzene rings is 2. The van der Waals surface area contributed by atoms with E-state index in [-0.39, 0.29) is 24.7 Å². The predicted molar refractivity (Wildman–Crippen MR) is 111 cm³/mol. The molecule has 5 rings (SSSR count). The molecule has 2 aromatic carbocycles. The second-order valence-electron chi connectivity index (χ2n) is 7.41. The van der Waals surface area contributed by atoms with Gasteiger partial charge >= 0.3 is 0 Å². The molecule has 0 radical (unpaired) electrons. The van der Waals surface area contributed by atoms with Crippen molar-refractivity contribution >= 4 is 17.4 Å².